The standard InChI is InChI=1S/C10H18N4O2/c1-14(2)10-12-5-7(6-13-10)9(16)8(15)3-4-11/h5-6,8-9,15-16H,3-4,11H2,1-2H3. The molecule has 2 atom stereocenters. The van der Waals surface area contributed by atoms with Crippen molar-refractivity contribution in [3.05, 3.63) is 18.0 Å². The van der Waals surface area contributed by atoms with Crippen LogP contribution in [0.5, 0.6) is 0 Å². The number of rotatable bonds is 5. The lowest BCUT2D eigenvalue weighted by atomic mass is 10.1. The van der Waals surface area contributed by atoms with E-state index in [1.54, 1.807) is 4.90 Å². The normalized spacial score (nSPS) is 14.6. The lowest BCUT2D eigenvalue weighted by Crippen LogP contribution is -2.22. The van der Waals surface area contributed by atoms with Crippen LogP contribution in [0.15, 0.2) is 12.4 Å². The summed E-state index contributed by atoms with van der Waals surface area (Å²) in [5.41, 5.74) is 5.79. The number of anilines is 1. The number of nitrogens with zero attached hydrogens (tertiary/aromatic N) is 3. The first-order valence-electron chi connectivity index (χ1n) is 5.11. The van der Waals surface area contributed by atoms with Crippen LogP contribution in [-0.2, 0) is 0 Å². The SMILES string of the molecule is CN(C)c1ncc(C(O)C(O)CCN)cn1. The van der Waals surface area contributed by atoms with Gasteiger partial charge in [0.1, 0.15) is 6.10 Å². The zero-order valence-corrected chi connectivity index (χ0v) is 9.54. The van der Waals surface area contributed by atoms with Crippen LogP contribution in [0.2, 0.25) is 0 Å². The maximum atomic E-state index is 9.75. The number of aliphatic hydroxyl groups is 2. The molecular weight excluding hydrogens is 208 g/mol. The van der Waals surface area contributed by atoms with Gasteiger partial charge >= 0.3 is 0 Å². The first-order chi connectivity index (χ1) is 7.56. The summed E-state index contributed by atoms with van der Waals surface area (Å²) in [6.07, 6.45) is 1.49. The molecule has 0 aliphatic rings. The highest BCUT2D eigenvalue weighted by atomic mass is 16.3. The largest absolute Gasteiger partial charge is 0.390 e. The molecule has 0 aliphatic heterocycles. The molecule has 1 heterocycles. The lowest BCUT2D eigenvalue weighted by molar-refractivity contribution is 0.0146. The summed E-state index contributed by atoms with van der Waals surface area (Å²) >= 11 is 0. The quantitative estimate of drug-likeness (QED) is 0.613. The maximum Gasteiger partial charge on any atom is 0.224 e. The second-order valence-electron chi connectivity index (χ2n) is 3.80. The van der Waals surface area contributed by atoms with Crippen LogP contribution in [0.4, 0.5) is 5.95 Å². The molecule has 0 saturated heterocycles. The Morgan fingerprint density at radius 2 is 1.88 bits per heavy atom. The van der Waals surface area contributed by atoms with Gasteiger partial charge in [-0.1, -0.05) is 0 Å². The van der Waals surface area contributed by atoms with Crippen LogP contribution < -0.4 is 10.6 Å². The minimum absolute atomic E-state index is 0.328. The van der Waals surface area contributed by atoms with E-state index >= 15 is 0 Å². The van der Waals surface area contributed by atoms with Gasteiger partial charge in [0.05, 0.1) is 6.10 Å². The molecule has 4 N–H and O–H groups in total. The molecule has 6 nitrogen and oxygen atoms in total. The summed E-state index contributed by atoms with van der Waals surface area (Å²) in [5.74, 6) is 0.560. The average Bonchev–Trinajstić information content (AvgIpc) is 2.28. The number of aliphatic hydroxyl groups excluding tert-OH is 2. The molecule has 90 valence electrons. The average molecular weight is 226 g/mol. The topological polar surface area (TPSA) is 95.5 Å². The second kappa shape index (κ2) is 5.74. The molecule has 1 aromatic heterocycles. The third-order valence-corrected chi connectivity index (χ3v) is 2.23. The molecule has 16 heavy (non-hydrogen) atoms. The molecule has 0 fully saturated rings. The van der Waals surface area contributed by atoms with Crippen molar-refractivity contribution < 1.29 is 10.2 Å². The molecule has 0 aromatic carbocycles. The van der Waals surface area contributed by atoms with Gasteiger partial charge in [-0.15, -0.1) is 0 Å². The van der Waals surface area contributed by atoms with E-state index in [1.165, 1.54) is 12.4 Å². The molecule has 6 heteroatoms. The van der Waals surface area contributed by atoms with Crippen molar-refractivity contribution in [3.8, 4) is 0 Å². The Bertz CT molecular complexity index is 315. The first-order valence-corrected chi connectivity index (χ1v) is 5.11. The van der Waals surface area contributed by atoms with Crippen molar-refractivity contribution >= 4 is 5.95 Å². The number of hydrogen-bond acceptors (Lipinski definition) is 6. The summed E-state index contributed by atoms with van der Waals surface area (Å²) < 4.78 is 0. The Labute approximate surface area is 94.7 Å². The van der Waals surface area contributed by atoms with E-state index in [0.29, 0.717) is 24.5 Å². The highest BCUT2D eigenvalue weighted by Crippen LogP contribution is 2.17. The molecule has 0 bridgehead atoms. The van der Waals surface area contributed by atoms with Gasteiger partial charge in [0.25, 0.3) is 0 Å². The molecule has 2 unspecified atom stereocenters. The zero-order chi connectivity index (χ0) is 12.1. The highest BCUT2D eigenvalue weighted by Gasteiger charge is 2.18. The maximum absolute atomic E-state index is 9.75. The summed E-state index contributed by atoms with van der Waals surface area (Å²) in [6.45, 7) is 0.328. The molecule has 0 amide bonds. The van der Waals surface area contributed by atoms with Gasteiger partial charge in [-0.05, 0) is 13.0 Å². The molecule has 0 aliphatic carbocycles. The first kappa shape index (κ1) is 12.8. The lowest BCUT2D eigenvalue weighted by Gasteiger charge is -2.17. The number of aromatic nitrogens is 2. The van der Waals surface area contributed by atoms with Gasteiger partial charge in [-0.2, -0.15) is 0 Å². The van der Waals surface area contributed by atoms with Crippen LogP contribution in [-0.4, -0.2) is 46.9 Å². The predicted molar refractivity (Wildman–Crippen MR) is 61.0 cm³/mol. The Kier molecular flexibility index (Phi) is 4.60. The fraction of sp³-hybridized carbons (Fsp3) is 0.600. The van der Waals surface area contributed by atoms with Crippen LogP contribution in [0.25, 0.3) is 0 Å². The minimum Gasteiger partial charge on any atom is -0.390 e. The predicted octanol–water partition coefficient (Wildman–Crippen LogP) is -0.714. The van der Waals surface area contributed by atoms with Crippen molar-refractivity contribution in [2.75, 3.05) is 25.5 Å². The third-order valence-electron chi connectivity index (χ3n) is 2.23. The summed E-state index contributed by atoms with van der Waals surface area (Å²) in [7, 11) is 3.66. The van der Waals surface area contributed by atoms with E-state index in [0.717, 1.165) is 0 Å². The van der Waals surface area contributed by atoms with Gasteiger partial charge in [0.15, 0.2) is 0 Å². The molecular formula is C10H18N4O2. The monoisotopic (exact) mass is 226 g/mol. The van der Waals surface area contributed by atoms with Crippen molar-refractivity contribution in [1.29, 1.82) is 0 Å². The third kappa shape index (κ3) is 3.13. The van der Waals surface area contributed by atoms with Crippen LogP contribution in [0.1, 0.15) is 18.1 Å². The summed E-state index contributed by atoms with van der Waals surface area (Å²) in [4.78, 5) is 9.86. The zero-order valence-electron chi connectivity index (χ0n) is 9.54. The smallest absolute Gasteiger partial charge is 0.224 e. The number of nitrogens with two attached hydrogens (primary N) is 1. The Balaban J connectivity index is 2.73. The van der Waals surface area contributed by atoms with E-state index in [9.17, 15) is 10.2 Å². The van der Waals surface area contributed by atoms with Crippen LogP contribution >= 0.6 is 0 Å². The van der Waals surface area contributed by atoms with E-state index in [1.807, 2.05) is 14.1 Å². The Morgan fingerprint density at radius 1 is 1.31 bits per heavy atom. The summed E-state index contributed by atoms with van der Waals surface area (Å²) in [6, 6.07) is 0. The Hall–Kier alpha value is -1.24. The van der Waals surface area contributed by atoms with Crippen LogP contribution in [0.3, 0.4) is 0 Å². The van der Waals surface area contributed by atoms with Gasteiger partial charge in [-0.25, -0.2) is 9.97 Å². The molecule has 0 saturated carbocycles. The van der Waals surface area contributed by atoms with E-state index in [2.05, 4.69) is 9.97 Å². The highest BCUT2D eigenvalue weighted by molar-refractivity contribution is 5.27. The molecule has 0 spiro atoms. The van der Waals surface area contributed by atoms with Gasteiger partial charge < -0.3 is 20.8 Å². The van der Waals surface area contributed by atoms with E-state index in [-0.39, 0.29) is 0 Å². The summed E-state index contributed by atoms with van der Waals surface area (Å²) in [5, 5.41) is 19.3. The number of hydrogen-bond donors (Lipinski definition) is 3. The fourth-order valence-electron chi connectivity index (χ4n) is 1.27. The fourth-order valence-corrected chi connectivity index (χ4v) is 1.27. The minimum atomic E-state index is -0.986. The van der Waals surface area contributed by atoms with Gasteiger partial charge in [0.2, 0.25) is 5.95 Å². The van der Waals surface area contributed by atoms with Gasteiger partial charge in [-0.3, -0.25) is 0 Å². The second-order valence-corrected chi connectivity index (χ2v) is 3.80. The van der Waals surface area contributed by atoms with Crippen LogP contribution in [0, 0.1) is 0 Å². The molecule has 1 aromatic rings. The van der Waals surface area contributed by atoms with Gasteiger partial charge in [0, 0.05) is 32.1 Å². The molecule has 1 rings (SSSR count). The van der Waals surface area contributed by atoms with E-state index in [4.69, 9.17) is 5.73 Å². The van der Waals surface area contributed by atoms with Crippen molar-refractivity contribution in [2.45, 2.75) is 18.6 Å². The van der Waals surface area contributed by atoms with Crippen molar-refractivity contribution in [1.82, 2.24) is 9.97 Å². The van der Waals surface area contributed by atoms with E-state index < -0.39 is 12.2 Å². The van der Waals surface area contributed by atoms with Crippen molar-refractivity contribution in [2.24, 2.45) is 5.73 Å². The van der Waals surface area contributed by atoms with Crippen molar-refractivity contribution in [3.63, 3.8) is 0 Å². The molecule has 0 radical (unpaired) electrons. The Morgan fingerprint density at radius 3 is 2.31 bits per heavy atom.